The van der Waals surface area contributed by atoms with Crippen LogP contribution in [0.2, 0.25) is 0 Å². The summed E-state index contributed by atoms with van der Waals surface area (Å²) in [4.78, 5) is 27.3. The fourth-order valence-electron chi connectivity index (χ4n) is 3.33. The molecular formula is C21H23FN2O2. The zero-order valence-electron chi connectivity index (χ0n) is 15.0. The Hall–Kier alpha value is -2.69. The lowest BCUT2D eigenvalue weighted by Crippen LogP contribution is -2.50. The molecule has 0 radical (unpaired) electrons. The van der Waals surface area contributed by atoms with E-state index in [0.29, 0.717) is 18.7 Å². The minimum atomic E-state index is -0.527. The van der Waals surface area contributed by atoms with Crippen LogP contribution in [0, 0.1) is 11.7 Å². The smallest absolute Gasteiger partial charge is 0.255 e. The Morgan fingerprint density at radius 1 is 1.19 bits per heavy atom. The van der Waals surface area contributed by atoms with Crippen molar-refractivity contribution < 1.29 is 14.0 Å². The quantitative estimate of drug-likeness (QED) is 0.863. The van der Waals surface area contributed by atoms with Gasteiger partial charge < -0.3 is 10.2 Å². The van der Waals surface area contributed by atoms with E-state index >= 15 is 0 Å². The number of benzene rings is 2. The van der Waals surface area contributed by atoms with Crippen LogP contribution in [0.1, 0.15) is 41.8 Å². The molecule has 0 aromatic heterocycles. The van der Waals surface area contributed by atoms with Gasteiger partial charge in [-0.2, -0.15) is 0 Å². The molecule has 5 heteroatoms. The average molecular weight is 354 g/mol. The Labute approximate surface area is 153 Å². The average Bonchev–Trinajstić information content (AvgIpc) is 2.98. The van der Waals surface area contributed by atoms with Gasteiger partial charge in [0.15, 0.2) is 0 Å². The largest absolute Gasteiger partial charge is 0.350 e. The van der Waals surface area contributed by atoms with Crippen molar-refractivity contribution in [3.8, 4) is 0 Å². The van der Waals surface area contributed by atoms with Gasteiger partial charge in [0.25, 0.3) is 5.91 Å². The molecule has 0 fully saturated rings. The van der Waals surface area contributed by atoms with Gasteiger partial charge in [-0.1, -0.05) is 50.6 Å². The second-order valence-electron chi connectivity index (χ2n) is 6.76. The molecule has 0 saturated heterocycles. The molecular weight excluding hydrogens is 331 g/mol. The molecule has 0 spiro atoms. The van der Waals surface area contributed by atoms with Crippen LogP contribution in [0.5, 0.6) is 0 Å². The lowest BCUT2D eigenvalue weighted by molar-refractivity contribution is -0.127. The zero-order chi connectivity index (χ0) is 18.7. The number of halogens is 1. The van der Waals surface area contributed by atoms with Crippen LogP contribution in [0.25, 0.3) is 0 Å². The Balaban J connectivity index is 1.75. The van der Waals surface area contributed by atoms with Crippen molar-refractivity contribution in [3.63, 3.8) is 0 Å². The van der Waals surface area contributed by atoms with Gasteiger partial charge in [0.2, 0.25) is 5.91 Å². The number of hydrogen-bond donors (Lipinski definition) is 1. The van der Waals surface area contributed by atoms with Crippen LogP contribution in [-0.2, 0) is 17.9 Å². The molecule has 1 heterocycles. The molecule has 1 unspecified atom stereocenters. The summed E-state index contributed by atoms with van der Waals surface area (Å²) in [6, 6.07) is 13.0. The fourth-order valence-corrected chi connectivity index (χ4v) is 3.33. The van der Waals surface area contributed by atoms with E-state index in [9.17, 15) is 14.0 Å². The number of fused-ring (bicyclic) bond motifs is 1. The van der Waals surface area contributed by atoms with Crippen LogP contribution in [0.15, 0.2) is 48.5 Å². The van der Waals surface area contributed by atoms with E-state index in [1.807, 2.05) is 38.1 Å². The third kappa shape index (κ3) is 3.62. The summed E-state index contributed by atoms with van der Waals surface area (Å²) >= 11 is 0. The number of hydrogen-bond acceptors (Lipinski definition) is 2. The van der Waals surface area contributed by atoms with Crippen molar-refractivity contribution in [2.24, 2.45) is 5.92 Å². The summed E-state index contributed by atoms with van der Waals surface area (Å²) in [5.41, 5.74) is 2.45. The topological polar surface area (TPSA) is 49.4 Å². The summed E-state index contributed by atoms with van der Waals surface area (Å²) < 4.78 is 13.0. The van der Waals surface area contributed by atoms with Crippen LogP contribution >= 0.6 is 0 Å². The van der Waals surface area contributed by atoms with Crippen molar-refractivity contribution in [1.82, 2.24) is 10.2 Å². The van der Waals surface area contributed by atoms with Gasteiger partial charge in [-0.05, 0) is 35.2 Å². The van der Waals surface area contributed by atoms with Crippen LogP contribution in [0.3, 0.4) is 0 Å². The van der Waals surface area contributed by atoms with Crippen molar-refractivity contribution in [2.45, 2.75) is 39.4 Å². The molecule has 3 rings (SSSR count). The van der Waals surface area contributed by atoms with Crippen molar-refractivity contribution in [1.29, 1.82) is 0 Å². The minimum absolute atomic E-state index is 0.0291. The number of nitrogens with one attached hydrogen (secondary N) is 1. The number of nitrogens with zero attached hydrogens (tertiary/aromatic N) is 1. The summed E-state index contributed by atoms with van der Waals surface area (Å²) in [5, 5.41) is 2.90. The van der Waals surface area contributed by atoms with Crippen molar-refractivity contribution in [2.75, 3.05) is 0 Å². The molecule has 1 N–H and O–H groups in total. The van der Waals surface area contributed by atoms with E-state index in [2.05, 4.69) is 5.32 Å². The third-order valence-corrected chi connectivity index (χ3v) is 5.02. The normalized spacial score (nSPS) is 15.5. The van der Waals surface area contributed by atoms with Gasteiger partial charge in [-0.25, -0.2) is 4.39 Å². The second-order valence-corrected chi connectivity index (χ2v) is 6.76. The SMILES string of the molecule is CCC(C)[C@@H](C(=O)NCc1ccc(F)cc1)N1Cc2ccccc2C1=O. The van der Waals surface area contributed by atoms with E-state index < -0.39 is 6.04 Å². The predicted molar refractivity (Wildman–Crippen MR) is 97.8 cm³/mol. The molecule has 2 atom stereocenters. The van der Waals surface area contributed by atoms with Gasteiger partial charge in [-0.15, -0.1) is 0 Å². The first-order valence-electron chi connectivity index (χ1n) is 8.92. The standard InChI is InChI=1S/C21H23FN2O2/c1-3-14(2)19(20(25)23-12-15-8-10-17(22)11-9-15)24-13-16-6-4-5-7-18(16)21(24)26/h4-11,14,19H,3,12-13H2,1-2H3,(H,23,25)/t14?,19-/m0/s1. The molecule has 2 aromatic carbocycles. The number of carbonyl (C=O) groups excluding carboxylic acids is 2. The number of amides is 2. The van der Waals surface area contributed by atoms with E-state index in [0.717, 1.165) is 17.5 Å². The van der Waals surface area contributed by atoms with E-state index in [-0.39, 0.29) is 23.5 Å². The molecule has 26 heavy (non-hydrogen) atoms. The van der Waals surface area contributed by atoms with Crippen LogP contribution in [-0.4, -0.2) is 22.8 Å². The van der Waals surface area contributed by atoms with Gasteiger partial charge in [-0.3, -0.25) is 9.59 Å². The van der Waals surface area contributed by atoms with Crippen molar-refractivity contribution >= 4 is 11.8 Å². The highest BCUT2D eigenvalue weighted by Gasteiger charge is 2.38. The minimum Gasteiger partial charge on any atom is -0.350 e. The molecule has 1 aliphatic heterocycles. The zero-order valence-corrected chi connectivity index (χ0v) is 15.0. The van der Waals surface area contributed by atoms with E-state index in [1.54, 1.807) is 17.0 Å². The molecule has 2 aromatic rings. The van der Waals surface area contributed by atoms with Gasteiger partial charge in [0.1, 0.15) is 11.9 Å². The van der Waals surface area contributed by atoms with Gasteiger partial charge >= 0.3 is 0 Å². The Kier molecular flexibility index (Phi) is 5.35. The summed E-state index contributed by atoms with van der Waals surface area (Å²) in [5.74, 6) is -0.549. The molecule has 0 saturated carbocycles. The highest BCUT2D eigenvalue weighted by atomic mass is 19.1. The lowest BCUT2D eigenvalue weighted by atomic mass is 9.96. The monoisotopic (exact) mass is 354 g/mol. The molecule has 0 bridgehead atoms. The second kappa shape index (κ2) is 7.68. The van der Waals surface area contributed by atoms with Crippen molar-refractivity contribution in [3.05, 3.63) is 71.0 Å². The summed E-state index contributed by atoms with van der Waals surface area (Å²) in [6.07, 6.45) is 0.786. The van der Waals surface area contributed by atoms with Crippen LogP contribution < -0.4 is 5.32 Å². The van der Waals surface area contributed by atoms with Crippen LogP contribution in [0.4, 0.5) is 4.39 Å². The van der Waals surface area contributed by atoms with E-state index in [4.69, 9.17) is 0 Å². The maximum atomic E-state index is 13.0. The number of rotatable bonds is 6. The first kappa shape index (κ1) is 18.1. The first-order chi connectivity index (χ1) is 12.5. The molecule has 2 amide bonds. The summed E-state index contributed by atoms with van der Waals surface area (Å²) in [6.45, 7) is 4.76. The Morgan fingerprint density at radius 3 is 2.54 bits per heavy atom. The third-order valence-electron chi connectivity index (χ3n) is 5.02. The van der Waals surface area contributed by atoms with Gasteiger partial charge in [0.05, 0.1) is 0 Å². The maximum Gasteiger partial charge on any atom is 0.255 e. The maximum absolute atomic E-state index is 13.0. The first-order valence-corrected chi connectivity index (χ1v) is 8.92. The molecule has 136 valence electrons. The lowest BCUT2D eigenvalue weighted by Gasteiger charge is -2.31. The predicted octanol–water partition coefficient (Wildman–Crippen LogP) is 3.51. The highest BCUT2D eigenvalue weighted by Crippen LogP contribution is 2.28. The molecule has 1 aliphatic rings. The Morgan fingerprint density at radius 2 is 1.88 bits per heavy atom. The summed E-state index contributed by atoms with van der Waals surface area (Å²) in [7, 11) is 0. The fraction of sp³-hybridized carbons (Fsp3) is 0.333. The number of carbonyl (C=O) groups is 2. The highest BCUT2D eigenvalue weighted by molar-refractivity contribution is 6.01. The Bertz CT molecular complexity index is 804. The molecule has 0 aliphatic carbocycles. The molecule has 4 nitrogen and oxygen atoms in total. The van der Waals surface area contributed by atoms with Gasteiger partial charge in [0, 0.05) is 18.7 Å². The van der Waals surface area contributed by atoms with E-state index in [1.165, 1.54) is 12.1 Å².